The van der Waals surface area contributed by atoms with Crippen LogP contribution in [0.4, 0.5) is 0 Å². The van der Waals surface area contributed by atoms with Gasteiger partial charge < -0.3 is 9.16 Å². The Hall–Kier alpha value is -0.903. The summed E-state index contributed by atoms with van der Waals surface area (Å²) >= 11 is 0. The molecule has 0 saturated carbocycles. The lowest BCUT2D eigenvalue weighted by molar-refractivity contribution is 0.0640. The quantitative estimate of drug-likeness (QED) is 0.266. The minimum absolute atomic E-state index is 0.222. The Morgan fingerprint density at radius 3 is 2.32 bits per heavy atom. The van der Waals surface area contributed by atoms with Crippen molar-refractivity contribution in [3.05, 3.63) is 48.0 Å². The van der Waals surface area contributed by atoms with Crippen LogP contribution >= 0.6 is 0 Å². The molecule has 0 aromatic heterocycles. The van der Waals surface area contributed by atoms with Gasteiger partial charge in [0, 0.05) is 6.61 Å². The van der Waals surface area contributed by atoms with Crippen LogP contribution in [0.15, 0.2) is 42.5 Å². The van der Waals surface area contributed by atoms with E-state index >= 15 is 0 Å². The molecular weight excluding hydrogens is 324 g/mol. The van der Waals surface area contributed by atoms with Crippen LogP contribution < -0.4 is 0 Å². The molecule has 2 atom stereocenters. The highest BCUT2D eigenvalue weighted by Gasteiger charge is 2.39. The van der Waals surface area contributed by atoms with Crippen LogP contribution in [-0.2, 0) is 15.8 Å². The summed E-state index contributed by atoms with van der Waals surface area (Å²) in [4.78, 5) is 0. The van der Waals surface area contributed by atoms with Gasteiger partial charge in [0.15, 0.2) is 8.32 Å². The molecular formula is C22H38O2Si. The van der Waals surface area contributed by atoms with Crippen molar-refractivity contribution in [2.45, 2.75) is 78.3 Å². The SMILES string of the molecule is CC/C=C/[C@H](C)[C@H](CCOCc1ccccc1)O[Si](C)(C)C(C)(C)C. The van der Waals surface area contributed by atoms with Crippen molar-refractivity contribution in [1.82, 2.24) is 0 Å². The summed E-state index contributed by atoms with van der Waals surface area (Å²) < 4.78 is 12.6. The topological polar surface area (TPSA) is 18.5 Å². The van der Waals surface area contributed by atoms with Crippen molar-refractivity contribution >= 4 is 8.32 Å². The number of ether oxygens (including phenoxy) is 1. The van der Waals surface area contributed by atoms with Crippen LogP contribution in [0.25, 0.3) is 0 Å². The lowest BCUT2D eigenvalue weighted by atomic mass is 10.0. The van der Waals surface area contributed by atoms with E-state index in [0.717, 1.165) is 19.4 Å². The molecule has 0 N–H and O–H groups in total. The van der Waals surface area contributed by atoms with Crippen molar-refractivity contribution in [3.8, 4) is 0 Å². The van der Waals surface area contributed by atoms with Gasteiger partial charge in [0.25, 0.3) is 0 Å². The third kappa shape index (κ3) is 7.89. The fourth-order valence-corrected chi connectivity index (χ4v) is 3.87. The summed E-state index contributed by atoms with van der Waals surface area (Å²) in [5, 5.41) is 0.227. The summed E-state index contributed by atoms with van der Waals surface area (Å²) in [6, 6.07) is 10.4. The van der Waals surface area contributed by atoms with E-state index in [-0.39, 0.29) is 11.1 Å². The Morgan fingerprint density at radius 1 is 1.12 bits per heavy atom. The lowest BCUT2D eigenvalue weighted by Gasteiger charge is -2.40. The summed E-state index contributed by atoms with van der Waals surface area (Å²) in [5.74, 6) is 0.411. The van der Waals surface area contributed by atoms with E-state index in [2.05, 4.69) is 84.1 Å². The van der Waals surface area contributed by atoms with Crippen molar-refractivity contribution in [1.29, 1.82) is 0 Å². The van der Waals surface area contributed by atoms with E-state index in [4.69, 9.17) is 9.16 Å². The zero-order valence-corrected chi connectivity index (χ0v) is 18.3. The Kier molecular flexibility index (Phi) is 9.12. The molecule has 0 aliphatic rings. The van der Waals surface area contributed by atoms with Gasteiger partial charge in [-0.1, -0.05) is 77.1 Å². The van der Waals surface area contributed by atoms with Gasteiger partial charge in [-0.05, 0) is 42.5 Å². The normalized spacial score (nSPS) is 15.5. The first-order valence-electron chi connectivity index (χ1n) is 9.63. The van der Waals surface area contributed by atoms with Gasteiger partial charge in [-0.15, -0.1) is 0 Å². The van der Waals surface area contributed by atoms with Gasteiger partial charge in [-0.3, -0.25) is 0 Å². The van der Waals surface area contributed by atoms with E-state index in [1.54, 1.807) is 0 Å². The highest BCUT2D eigenvalue weighted by molar-refractivity contribution is 6.74. The van der Waals surface area contributed by atoms with Crippen LogP contribution in [0, 0.1) is 5.92 Å². The van der Waals surface area contributed by atoms with Crippen LogP contribution in [0.1, 0.15) is 53.0 Å². The zero-order chi connectivity index (χ0) is 18.9. The van der Waals surface area contributed by atoms with Gasteiger partial charge in [-0.25, -0.2) is 0 Å². The summed E-state index contributed by atoms with van der Waals surface area (Å²) in [7, 11) is -1.78. The van der Waals surface area contributed by atoms with E-state index in [9.17, 15) is 0 Å². The number of allylic oxidation sites excluding steroid dienone is 1. The van der Waals surface area contributed by atoms with E-state index in [1.165, 1.54) is 5.56 Å². The van der Waals surface area contributed by atoms with Gasteiger partial charge in [0.1, 0.15) is 0 Å². The predicted octanol–water partition coefficient (Wildman–Crippen LogP) is 6.59. The summed E-state index contributed by atoms with van der Waals surface area (Å²) in [6.07, 6.45) is 6.78. The largest absolute Gasteiger partial charge is 0.413 e. The summed E-state index contributed by atoms with van der Waals surface area (Å²) in [6.45, 7) is 17.4. The molecule has 0 bridgehead atoms. The molecule has 2 nitrogen and oxygen atoms in total. The number of hydrogen-bond donors (Lipinski definition) is 0. The first-order chi connectivity index (χ1) is 11.7. The Balaban J connectivity index is 2.63. The summed E-state index contributed by atoms with van der Waals surface area (Å²) in [5.41, 5.74) is 1.23. The molecule has 1 rings (SSSR count). The lowest BCUT2D eigenvalue weighted by Crippen LogP contribution is -2.45. The fraction of sp³-hybridized carbons (Fsp3) is 0.636. The number of hydrogen-bond acceptors (Lipinski definition) is 2. The number of benzene rings is 1. The average Bonchev–Trinajstić information content (AvgIpc) is 2.55. The molecule has 0 aliphatic heterocycles. The maximum Gasteiger partial charge on any atom is 0.192 e. The molecule has 142 valence electrons. The molecule has 25 heavy (non-hydrogen) atoms. The van der Waals surface area contributed by atoms with Crippen molar-refractivity contribution in [2.24, 2.45) is 5.92 Å². The molecule has 3 heteroatoms. The molecule has 1 aromatic rings. The molecule has 0 heterocycles. The first kappa shape index (κ1) is 22.1. The molecule has 0 radical (unpaired) electrons. The van der Waals surface area contributed by atoms with Crippen LogP contribution in [0.2, 0.25) is 18.1 Å². The second-order valence-electron chi connectivity index (χ2n) is 8.44. The van der Waals surface area contributed by atoms with E-state index in [0.29, 0.717) is 12.5 Å². The minimum Gasteiger partial charge on any atom is -0.413 e. The van der Waals surface area contributed by atoms with Crippen LogP contribution in [0.5, 0.6) is 0 Å². The second kappa shape index (κ2) is 10.3. The maximum absolute atomic E-state index is 6.72. The van der Waals surface area contributed by atoms with Gasteiger partial charge in [0.2, 0.25) is 0 Å². The third-order valence-electron chi connectivity index (χ3n) is 5.17. The molecule has 1 aromatic carbocycles. The van der Waals surface area contributed by atoms with Crippen molar-refractivity contribution in [2.75, 3.05) is 6.61 Å². The highest BCUT2D eigenvalue weighted by atomic mass is 28.4. The van der Waals surface area contributed by atoms with Gasteiger partial charge >= 0.3 is 0 Å². The molecule has 0 saturated heterocycles. The molecule has 0 amide bonds. The van der Waals surface area contributed by atoms with E-state index < -0.39 is 8.32 Å². The van der Waals surface area contributed by atoms with Crippen LogP contribution in [0.3, 0.4) is 0 Å². The van der Waals surface area contributed by atoms with E-state index in [1.807, 2.05) is 6.07 Å². The smallest absolute Gasteiger partial charge is 0.192 e. The van der Waals surface area contributed by atoms with Crippen molar-refractivity contribution in [3.63, 3.8) is 0 Å². The minimum atomic E-state index is -1.78. The maximum atomic E-state index is 6.72. The molecule has 0 fully saturated rings. The first-order valence-corrected chi connectivity index (χ1v) is 12.5. The Bertz CT molecular complexity index is 503. The second-order valence-corrected chi connectivity index (χ2v) is 13.2. The monoisotopic (exact) mass is 362 g/mol. The van der Waals surface area contributed by atoms with Crippen LogP contribution in [-0.4, -0.2) is 21.0 Å². The zero-order valence-electron chi connectivity index (χ0n) is 17.3. The highest BCUT2D eigenvalue weighted by Crippen LogP contribution is 2.38. The Morgan fingerprint density at radius 2 is 1.76 bits per heavy atom. The Labute approximate surface area is 156 Å². The van der Waals surface area contributed by atoms with Crippen molar-refractivity contribution < 1.29 is 9.16 Å². The van der Waals surface area contributed by atoms with Gasteiger partial charge in [-0.2, -0.15) is 0 Å². The fourth-order valence-electron chi connectivity index (χ4n) is 2.42. The van der Waals surface area contributed by atoms with Gasteiger partial charge in [0.05, 0.1) is 12.7 Å². The molecule has 0 unspecified atom stereocenters. The molecule has 0 aliphatic carbocycles. The number of rotatable bonds is 10. The standard InChI is InChI=1S/C22H38O2Si/c1-8-9-13-19(2)21(24-25(6,7)22(3,4)5)16-17-23-18-20-14-11-10-12-15-20/h9-15,19,21H,8,16-18H2,1-7H3/b13-9+/t19-,21-/m0/s1. The molecule has 0 spiro atoms. The predicted molar refractivity (Wildman–Crippen MR) is 111 cm³/mol. The average molecular weight is 363 g/mol. The third-order valence-corrected chi connectivity index (χ3v) is 9.68.